The smallest absolute Gasteiger partial charge is 0.411 e. The molecule has 1 atom stereocenters. The molecule has 0 saturated carbocycles. The number of halogens is 3. The molecule has 3 aromatic heterocycles. The van der Waals surface area contributed by atoms with Gasteiger partial charge >= 0.3 is 6.18 Å². The minimum Gasteiger partial charge on any atom is -0.411 e. The minimum absolute atomic E-state index is 0.0447. The van der Waals surface area contributed by atoms with Crippen molar-refractivity contribution in [1.82, 2.24) is 24.4 Å². The molecule has 13 heteroatoms. The summed E-state index contributed by atoms with van der Waals surface area (Å²) in [5, 5.41) is 9.40. The quantitative estimate of drug-likeness (QED) is 0.382. The van der Waals surface area contributed by atoms with E-state index < -0.39 is 23.3 Å². The van der Waals surface area contributed by atoms with E-state index in [1.165, 1.54) is 19.2 Å². The summed E-state index contributed by atoms with van der Waals surface area (Å²) >= 11 is 1.55. The van der Waals surface area contributed by atoms with Crippen molar-refractivity contribution in [3.05, 3.63) is 86.3 Å². The highest BCUT2D eigenvalue weighted by molar-refractivity contribution is 7.13. The lowest BCUT2D eigenvalue weighted by atomic mass is 10.1. The molecule has 0 radical (unpaired) electrons. The van der Waals surface area contributed by atoms with Crippen molar-refractivity contribution in [2.45, 2.75) is 32.1 Å². The van der Waals surface area contributed by atoms with E-state index in [-0.39, 0.29) is 24.1 Å². The van der Waals surface area contributed by atoms with Crippen LogP contribution in [0.25, 0.3) is 10.6 Å². The van der Waals surface area contributed by atoms with Crippen molar-refractivity contribution < 1.29 is 22.8 Å². The Balaban J connectivity index is 1.36. The maximum atomic E-state index is 13.3. The second kappa shape index (κ2) is 10.2. The second-order valence-corrected chi connectivity index (χ2v) is 10.1. The summed E-state index contributed by atoms with van der Waals surface area (Å²) in [6.45, 7) is 2.13. The lowest BCUT2D eigenvalue weighted by Crippen LogP contribution is -2.42. The van der Waals surface area contributed by atoms with Gasteiger partial charge in [-0.1, -0.05) is 18.2 Å². The van der Waals surface area contributed by atoms with Gasteiger partial charge in [0, 0.05) is 20.0 Å². The number of nitrogens with zero attached hydrogens (tertiary/aromatic N) is 5. The Morgan fingerprint density at radius 1 is 1.21 bits per heavy atom. The highest BCUT2D eigenvalue weighted by Gasteiger charge is 2.31. The predicted octanol–water partition coefficient (Wildman–Crippen LogP) is 4.15. The Kier molecular flexibility index (Phi) is 6.93. The number of benzene rings is 1. The monoisotopic (exact) mass is 558 g/mol. The van der Waals surface area contributed by atoms with E-state index in [0.29, 0.717) is 29.8 Å². The number of anilines is 1. The molecule has 204 valence electrons. The van der Waals surface area contributed by atoms with Gasteiger partial charge in [0.15, 0.2) is 5.69 Å². The normalized spacial score (nSPS) is 14.2. The number of rotatable bonds is 6. The number of hydrogen-bond donors (Lipinski definition) is 1. The average Bonchev–Trinajstić information content (AvgIpc) is 3.58. The number of thiophene rings is 1. The SMILES string of the molecule is COn1c(NC(C)c2ccc(C(F)(F)F)cc2)nc2c(c1=O)CN(C(=O)c1cc(-c3cccs3)n(C)n1)CC2. The molecular weight excluding hydrogens is 533 g/mol. The van der Waals surface area contributed by atoms with Crippen LogP contribution < -0.4 is 15.7 Å². The number of aryl methyl sites for hydroxylation is 1. The van der Waals surface area contributed by atoms with Crippen molar-refractivity contribution in [2.24, 2.45) is 7.05 Å². The fourth-order valence-electron chi connectivity index (χ4n) is 4.52. The molecule has 5 rings (SSSR count). The fraction of sp³-hybridized carbons (Fsp3) is 0.308. The predicted molar refractivity (Wildman–Crippen MR) is 139 cm³/mol. The van der Waals surface area contributed by atoms with E-state index in [9.17, 15) is 22.8 Å². The van der Waals surface area contributed by atoms with E-state index >= 15 is 0 Å². The molecule has 1 unspecified atom stereocenters. The van der Waals surface area contributed by atoms with Crippen LogP contribution in [0.1, 0.15) is 45.8 Å². The number of alkyl halides is 3. The van der Waals surface area contributed by atoms with Crippen LogP contribution in [0.4, 0.5) is 19.1 Å². The summed E-state index contributed by atoms with van der Waals surface area (Å²) in [6, 6.07) is 9.92. The van der Waals surface area contributed by atoms with Crippen molar-refractivity contribution in [3.8, 4) is 10.6 Å². The van der Waals surface area contributed by atoms with Gasteiger partial charge in [-0.25, -0.2) is 4.98 Å². The van der Waals surface area contributed by atoms with Crippen molar-refractivity contribution in [2.75, 3.05) is 19.0 Å². The lowest BCUT2D eigenvalue weighted by Gasteiger charge is -2.28. The van der Waals surface area contributed by atoms with Gasteiger partial charge < -0.3 is 15.1 Å². The van der Waals surface area contributed by atoms with Crippen molar-refractivity contribution >= 4 is 23.2 Å². The lowest BCUT2D eigenvalue weighted by molar-refractivity contribution is -0.137. The Bertz CT molecular complexity index is 1560. The average molecular weight is 559 g/mol. The Labute approximate surface area is 225 Å². The van der Waals surface area contributed by atoms with Gasteiger partial charge in [-0.2, -0.15) is 18.3 Å². The topological polar surface area (TPSA) is 94.3 Å². The summed E-state index contributed by atoms with van der Waals surface area (Å²) in [4.78, 5) is 39.0. The maximum Gasteiger partial charge on any atom is 0.416 e. The first-order valence-electron chi connectivity index (χ1n) is 12.1. The van der Waals surface area contributed by atoms with E-state index in [2.05, 4.69) is 15.4 Å². The van der Waals surface area contributed by atoms with Crippen LogP contribution in [0, 0.1) is 0 Å². The molecular formula is C26H25F3N6O3S. The third kappa shape index (κ3) is 5.13. The molecule has 0 bridgehead atoms. The zero-order chi connectivity index (χ0) is 27.9. The number of carbonyl (C=O) groups is 1. The highest BCUT2D eigenvalue weighted by atomic mass is 32.1. The molecule has 1 aliphatic heterocycles. The molecule has 1 aliphatic rings. The summed E-state index contributed by atoms with van der Waals surface area (Å²) in [5.74, 6) is -0.167. The van der Waals surface area contributed by atoms with Gasteiger partial charge in [0.2, 0.25) is 5.95 Å². The van der Waals surface area contributed by atoms with Gasteiger partial charge in [-0.3, -0.25) is 14.3 Å². The first kappa shape index (κ1) is 26.5. The third-order valence-electron chi connectivity index (χ3n) is 6.62. The number of carbonyl (C=O) groups excluding carboxylic acids is 1. The zero-order valence-electron chi connectivity index (χ0n) is 21.3. The highest BCUT2D eigenvalue weighted by Crippen LogP contribution is 2.30. The fourth-order valence-corrected chi connectivity index (χ4v) is 5.29. The largest absolute Gasteiger partial charge is 0.416 e. The molecule has 9 nitrogen and oxygen atoms in total. The van der Waals surface area contributed by atoms with Crippen molar-refractivity contribution in [1.29, 1.82) is 0 Å². The van der Waals surface area contributed by atoms with Crippen LogP contribution in [0.2, 0.25) is 0 Å². The third-order valence-corrected chi connectivity index (χ3v) is 7.51. The number of fused-ring (bicyclic) bond motifs is 1. The van der Waals surface area contributed by atoms with Gasteiger partial charge in [-0.15, -0.1) is 16.1 Å². The van der Waals surface area contributed by atoms with Crippen LogP contribution in [0.3, 0.4) is 0 Å². The summed E-state index contributed by atoms with van der Waals surface area (Å²) in [6.07, 6.45) is -4.08. The van der Waals surface area contributed by atoms with Gasteiger partial charge in [-0.05, 0) is 42.1 Å². The van der Waals surface area contributed by atoms with Crippen LogP contribution in [-0.2, 0) is 26.2 Å². The van der Waals surface area contributed by atoms with Crippen LogP contribution >= 0.6 is 11.3 Å². The van der Waals surface area contributed by atoms with Crippen LogP contribution in [0.5, 0.6) is 0 Å². The minimum atomic E-state index is -4.43. The first-order valence-corrected chi connectivity index (χ1v) is 12.9. The molecule has 4 aromatic rings. The second-order valence-electron chi connectivity index (χ2n) is 9.12. The molecule has 1 N–H and O–H groups in total. The van der Waals surface area contributed by atoms with Gasteiger partial charge in [0.25, 0.3) is 11.5 Å². The standard InChI is InChI=1S/C26H25F3N6O3S/c1-15(16-6-8-17(9-7-16)26(27,28)29)30-25-31-19-10-11-34(14-18(19)23(36)35(25)38-3)24(37)20-13-21(33(2)32-20)22-5-4-12-39-22/h4-9,12-13,15H,10-11,14H2,1-3H3,(H,30,31). The van der Waals surface area contributed by atoms with E-state index in [1.54, 1.807) is 41.0 Å². The van der Waals surface area contributed by atoms with Crippen LogP contribution in [0.15, 0.2) is 52.6 Å². The number of hydrogen-bond acceptors (Lipinski definition) is 7. The molecule has 0 fully saturated rings. The van der Waals surface area contributed by atoms with E-state index in [4.69, 9.17) is 4.84 Å². The number of amides is 1. The Morgan fingerprint density at radius 2 is 1.95 bits per heavy atom. The molecule has 0 aliphatic carbocycles. The molecule has 0 spiro atoms. The summed E-state index contributed by atoms with van der Waals surface area (Å²) in [5.41, 5.74) is 1.33. The van der Waals surface area contributed by atoms with E-state index in [1.807, 2.05) is 17.5 Å². The molecule has 1 amide bonds. The molecule has 39 heavy (non-hydrogen) atoms. The van der Waals surface area contributed by atoms with Crippen LogP contribution in [-0.4, -0.2) is 44.0 Å². The van der Waals surface area contributed by atoms with Gasteiger partial charge in [0.05, 0.1) is 40.0 Å². The van der Waals surface area contributed by atoms with E-state index in [0.717, 1.165) is 27.4 Å². The number of nitrogens with one attached hydrogen (secondary N) is 1. The first-order chi connectivity index (χ1) is 18.6. The summed E-state index contributed by atoms with van der Waals surface area (Å²) < 4.78 is 41.4. The van der Waals surface area contributed by atoms with Gasteiger partial charge in [0.1, 0.15) is 7.11 Å². The van der Waals surface area contributed by atoms with Crippen molar-refractivity contribution in [3.63, 3.8) is 0 Å². The molecule has 4 heterocycles. The number of aromatic nitrogens is 4. The zero-order valence-corrected chi connectivity index (χ0v) is 22.1. The Morgan fingerprint density at radius 3 is 2.59 bits per heavy atom. The molecule has 1 aromatic carbocycles. The Hall–Kier alpha value is -4.13. The molecule has 0 saturated heterocycles. The maximum absolute atomic E-state index is 13.3. The summed E-state index contributed by atoms with van der Waals surface area (Å²) in [7, 11) is 3.09.